The molecule has 0 fully saturated rings. The van der Waals surface area contributed by atoms with Crippen LogP contribution in [0, 0.1) is 10.1 Å². The van der Waals surface area contributed by atoms with E-state index in [0.717, 1.165) is 25.1 Å². The standard InChI is InChI=1S/C14H17N3O4.ClH/c1-21-13-3-2-11(17(19)20)8-12(13)14(18)16-9-10-4-6-15-7-5-10;/h2-4,8,15H,5-7,9H2,1H3,(H,16,18);1H. The zero-order valence-electron chi connectivity index (χ0n) is 12.1. The Morgan fingerprint density at radius 3 is 2.86 bits per heavy atom. The minimum absolute atomic E-state index is 0. The van der Waals surface area contributed by atoms with Crippen molar-refractivity contribution in [2.45, 2.75) is 6.42 Å². The smallest absolute Gasteiger partial charge is 0.270 e. The lowest BCUT2D eigenvalue weighted by atomic mass is 10.1. The maximum absolute atomic E-state index is 12.2. The molecule has 22 heavy (non-hydrogen) atoms. The fraction of sp³-hybridized carbons (Fsp3) is 0.357. The van der Waals surface area contributed by atoms with Gasteiger partial charge in [0.25, 0.3) is 11.6 Å². The summed E-state index contributed by atoms with van der Waals surface area (Å²) in [5.41, 5.74) is 1.18. The van der Waals surface area contributed by atoms with Gasteiger partial charge in [0.2, 0.25) is 0 Å². The number of methoxy groups -OCH3 is 1. The van der Waals surface area contributed by atoms with E-state index in [1.807, 2.05) is 6.08 Å². The summed E-state index contributed by atoms with van der Waals surface area (Å²) in [4.78, 5) is 22.4. The number of nitrogens with zero attached hydrogens (tertiary/aromatic N) is 1. The van der Waals surface area contributed by atoms with Gasteiger partial charge in [0.15, 0.2) is 0 Å². The molecule has 1 heterocycles. The molecule has 1 aliphatic rings. The van der Waals surface area contributed by atoms with Crippen molar-refractivity contribution in [3.8, 4) is 5.75 Å². The maximum atomic E-state index is 12.2. The van der Waals surface area contributed by atoms with Gasteiger partial charge in [-0.1, -0.05) is 11.6 Å². The Kier molecular flexibility index (Phi) is 6.81. The average molecular weight is 328 g/mol. The second kappa shape index (κ2) is 8.35. The van der Waals surface area contributed by atoms with Crippen molar-refractivity contribution in [3.63, 3.8) is 0 Å². The number of rotatable bonds is 5. The largest absolute Gasteiger partial charge is 0.496 e. The first kappa shape index (κ1) is 17.9. The number of nitrogens with one attached hydrogen (secondary N) is 2. The monoisotopic (exact) mass is 327 g/mol. The topological polar surface area (TPSA) is 93.5 Å². The van der Waals surface area contributed by atoms with E-state index in [1.54, 1.807) is 0 Å². The molecule has 8 heteroatoms. The lowest BCUT2D eigenvalue weighted by Gasteiger charge is -2.15. The predicted molar refractivity (Wildman–Crippen MR) is 84.8 cm³/mol. The van der Waals surface area contributed by atoms with Crippen LogP contribution in [-0.4, -0.2) is 37.6 Å². The van der Waals surface area contributed by atoms with Crippen LogP contribution in [0.15, 0.2) is 29.8 Å². The molecule has 1 aromatic rings. The summed E-state index contributed by atoms with van der Waals surface area (Å²) in [5, 5.41) is 16.8. The van der Waals surface area contributed by atoms with Crippen LogP contribution in [0.2, 0.25) is 0 Å². The third kappa shape index (κ3) is 4.44. The van der Waals surface area contributed by atoms with E-state index in [4.69, 9.17) is 4.74 Å². The molecule has 120 valence electrons. The summed E-state index contributed by atoms with van der Waals surface area (Å²) in [7, 11) is 1.42. The van der Waals surface area contributed by atoms with E-state index in [2.05, 4.69) is 10.6 Å². The SMILES string of the molecule is COc1ccc([N+](=O)[O-])cc1C(=O)NCC1=CCNCC1.Cl. The molecule has 1 amide bonds. The molecule has 0 atom stereocenters. The highest BCUT2D eigenvalue weighted by atomic mass is 35.5. The van der Waals surface area contributed by atoms with Crippen LogP contribution in [0.1, 0.15) is 16.8 Å². The Labute approximate surface area is 134 Å². The van der Waals surface area contributed by atoms with Crippen molar-refractivity contribution in [3.05, 3.63) is 45.5 Å². The molecule has 0 bridgehead atoms. The van der Waals surface area contributed by atoms with Crippen LogP contribution in [-0.2, 0) is 0 Å². The molecule has 0 saturated carbocycles. The lowest BCUT2D eigenvalue weighted by Crippen LogP contribution is -2.29. The number of carbonyl (C=O) groups is 1. The van der Waals surface area contributed by atoms with E-state index in [-0.39, 0.29) is 29.6 Å². The first-order valence-electron chi connectivity index (χ1n) is 6.61. The molecule has 1 aromatic carbocycles. The Hall–Kier alpha value is -2.12. The Bertz CT molecular complexity index is 589. The number of nitro groups is 1. The fourth-order valence-electron chi connectivity index (χ4n) is 2.11. The molecule has 0 aromatic heterocycles. The number of halogens is 1. The third-order valence-electron chi connectivity index (χ3n) is 3.27. The van der Waals surface area contributed by atoms with E-state index in [9.17, 15) is 14.9 Å². The van der Waals surface area contributed by atoms with Crippen LogP contribution in [0.3, 0.4) is 0 Å². The van der Waals surface area contributed by atoms with Crippen molar-refractivity contribution in [1.29, 1.82) is 0 Å². The molecule has 7 nitrogen and oxygen atoms in total. The van der Waals surface area contributed by atoms with Crippen LogP contribution < -0.4 is 15.4 Å². The van der Waals surface area contributed by atoms with Crippen molar-refractivity contribution >= 4 is 24.0 Å². The zero-order valence-corrected chi connectivity index (χ0v) is 12.9. The van der Waals surface area contributed by atoms with Gasteiger partial charge in [-0.05, 0) is 19.0 Å². The van der Waals surface area contributed by atoms with Gasteiger partial charge >= 0.3 is 0 Å². The van der Waals surface area contributed by atoms with Gasteiger partial charge in [-0.15, -0.1) is 12.4 Å². The third-order valence-corrected chi connectivity index (χ3v) is 3.27. The zero-order chi connectivity index (χ0) is 15.2. The van der Waals surface area contributed by atoms with Crippen LogP contribution in [0.25, 0.3) is 0 Å². The van der Waals surface area contributed by atoms with Gasteiger partial charge in [-0.25, -0.2) is 0 Å². The second-order valence-corrected chi connectivity index (χ2v) is 4.64. The number of amides is 1. The molecule has 0 unspecified atom stereocenters. The number of hydrogen-bond donors (Lipinski definition) is 2. The highest BCUT2D eigenvalue weighted by Gasteiger charge is 2.17. The lowest BCUT2D eigenvalue weighted by molar-refractivity contribution is -0.384. The molecule has 1 aliphatic heterocycles. The van der Waals surface area contributed by atoms with Gasteiger partial charge < -0.3 is 15.4 Å². The Morgan fingerprint density at radius 1 is 1.50 bits per heavy atom. The van der Waals surface area contributed by atoms with Crippen molar-refractivity contribution in [2.24, 2.45) is 0 Å². The van der Waals surface area contributed by atoms with E-state index in [1.165, 1.54) is 25.3 Å². The van der Waals surface area contributed by atoms with Crippen molar-refractivity contribution in [2.75, 3.05) is 26.7 Å². The van der Waals surface area contributed by atoms with Gasteiger partial charge in [0, 0.05) is 25.2 Å². The minimum atomic E-state index is -0.536. The molecule has 0 spiro atoms. The minimum Gasteiger partial charge on any atom is -0.496 e. The first-order valence-corrected chi connectivity index (χ1v) is 6.61. The summed E-state index contributed by atoms with van der Waals surface area (Å²) < 4.78 is 5.08. The molecular weight excluding hydrogens is 310 g/mol. The average Bonchev–Trinajstić information content (AvgIpc) is 2.52. The number of nitro benzene ring substituents is 1. The summed E-state index contributed by atoms with van der Waals surface area (Å²) in [5.74, 6) is -0.0626. The number of hydrogen-bond acceptors (Lipinski definition) is 5. The number of carbonyl (C=O) groups excluding carboxylic acids is 1. The normalized spacial score (nSPS) is 13.6. The van der Waals surface area contributed by atoms with Gasteiger partial charge in [0.05, 0.1) is 17.6 Å². The Morgan fingerprint density at radius 2 is 2.27 bits per heavy atom. The maximum Gasteiger partial charge on any atom is 0.270 e. The molecule has 2 N–H and O–H groups in total. The van der Waals surface area contributed by atoms with Crippen molar-refractivity contribution < 1.29 is 14.5 Å². The number of ether oxygens (including phenoxy) is 1. The van der Waals surface area contributed by atoms with Gasteiger partial charge in [0.1, 0.15) is 5.75 Å². The molecule has 0 aliphatic carbocycles. The quantitative estimate of drug-likeness (QED) is 0.487. The van der Waals surface area contributed by atoms with Crippen LogP contribution >= 0.6 is 12.4 Å². The van der Waals surface area contributed by atoms with E-state index < -0.39 is 4.92 Å². The van der Waals surface area contributed by atoms with Gasteiger partial charge in [-0.2, -0.15) is 0 Å². The highest BCUT2D eigenvalue weighted by Crippen LogP contribution is 2.23. The number of benzene rings is 1. The molecule has 0 saturated heterocycles. The second-order valence-electron chi connectivity index (χ2n) is 4.64. The summed E-state index contributed by atoms with van der Waals surface area (Å²) in [6.07, 6.45) is 2.92. The molecule has 0 radical (unpaired) electrons. The van der Waals surface area contributed by atoms with Crippen molar-refractivity contribution in [1.82, 2.24) is 10.6 Å². The molecule has 2 rings (SSSR count). The summed E-state index contributed by atoms with van der Waals surface area (Å²) >= 11 is 0. The van der Waals surface area contributed by atoms with E-state index in [0.29, 0.717) is 12.3 Å². The fourth-order valence-corrected chi connectivity index (χ4v) is 2.11. The predicted octanol–water partition coefficient (Wildman–Crippen LogP) is 1.67. The number of non-ortho nitro benzene ring substituents is 1. The van der Waals surface area contributed by atoms with Crippen LogP contribution in [0.4, 0.5) is 5.69 Å². The molecular formula is C14H18ClN3O4. The van der Waals surface area contributed by atoms with E-state index >= 15 is 0 Å². The van der Waals surface area contributed by atoms with Crippen LogP contribution in [0.5, 0.6) is 5.75 Å². The van der Waals surface area contributed by atoms with Gasteiger partial charge in [-0.3, -0.25) is 14.9 Å². The summed E-state index contributed by atoms with van der Waals surface area (Å²) in [6.45, 7) is 2.12. The highest BCUT2D eigenvalue weighted by molar-refractivity contribution is 5.97. The summed E-state index contributed by atoms with van der Waals surface area (Å²) in [6, 6.07) is 3.97. The first-order chi connectivity index (χ1) is 10.1. The Balaban J connectivity index is 0.00000242.